The van der Waals surface area contributed by atoms with E-state index in [1.807, 2.05) is 24.3 Å². The van der Waals surface area contributed by atoms with Gasteiger partial charge in [0, 0.05) is 28.0 Å². The molecule has 4 nitrogen and oxygen atoms in total. The molecule has 2 aliphatic rings. The zero-order chi connectivity index (χ0) is 13.0. The molecular formula is C13H11NO3S2. The summed E-state index contributed by atoms with van der Waals surface area (Å²) in [6.07, 6.45) is -0.808. The molecule has 2 N–H and O–H groups in total. The predicted octanol–water partition coefficient (Wildman–Crippen LogP) is 2.00. The molecule has 6 heteroatoms. The summed E-state index contributed by atoms with van der Waals surface area (Å²) in [5.74, 6) is 1.52. The molecule has 0 unspecified atom stereocenters. The van der Waals surface area contributed by atoms with Crippen molar-refractivity contribution in [1.82, 2.24) is 4.98 Å². The Hall–Kier alpha value is -1.24. The second-order valence-corrected chi connectivity index (χ2v) is 6.75. The molecule has 3 atom stereocenters. The van der Waals surface area contributed by atoms with Crippen LogP contribution in [0, 0.1) is 5.92 Å². The Morgan fingerprint density at radius 2 is 2.21 bits per heavy atom. The summed E-state index contributed by atoms with van der Waals surface area (Å²) in [6, 6.07) is 7.74. The van der Waals surface area contributed by atoms with Gasteiger partial charge in [-0.05, 0) is 6.07 Å². The van der Waals surface area contributed by atoms with Gasteiger partial charge in [0.15, 0.2) is 0 Å². The molecule has 4 rings (SSSR count). The van der Waals surface area contributed by atoms with E-state index in [0.29, 0.717) is 0 Å². The summed E-state index contributed by atoms with van der Waals surface area (Å²) in [6.45, 7) is 0. The molecule has 2 aromatic rings. The van der Waals surface area contributed by atoms with E-state index in [-0.39, 0.29) is 16.7 Å². The normalized spacial score (nSPS) is 27.9. The maximum absolute atomic E-state index is 11.6. The van der Waals surface area contributed by atoms with Crippen LogP contribution in [-0.4, -0.2) is 22.1 Å². The number of H-pyrrole nitrogens is 1. The highest BCUT2D eigenvalue weighted by Gasteiger charge is 2.43. The number of rotatable bonds is 0. The summed E-state index contributed by atoms with van der Waals surface area (Å²) in [4.78, 5) is 15.5. The maximum atomic E-state index is 11.6. The Morgan fingerprint density at radius 3 is 3.11 bits per heavy atom. The highest BCUT2D eigenvalue weighted by atomic mass is 32.2. The van der Waals surface area contributed by atoms with Gasteiger partial charge in [0.25, 0.3) is 0 Å². The van der Waals surface area contributed by atoms with Crippen LogP contribution in [0.25, 0.3) is 0 Å². The number of nitrogens with one attached hydrogen (secondary N) is 1. The summed E-state index contributed by atoms with van der Waals surface area (Å²) in [5.41, 5.74) is 1.06. The van der Waals surface area contributed by atoms with Crippen molar-refractivity contribution in [2.75, 3.05) is 5.75 Å². The maximum Gasteiger partial charge on any atom is 0.305 e. The molecule has 1 aromatic heterocycles. The first-order valence-corrected chi connectivity index (χ1v) is 7.83. The molecular weight excluding hydrogens is 282 g/mol. The fraction of sp³-hybridized carbons (Fsp3) is 0.308. The van der Waals surface area contributed by atoms with Crippen LogP contribution in [0.1, 0.15) is 16.4 Å². The van der Waals surface area contributed by atoms with Crippen molar-refractivity contribution < 1.29 is 9.84 Å². The molecule has 0 fully saturated rings. The van der Waals surface area contributed by atoms with Crippen molar-refractivity contribution in [3.05, 3.63) is 44.4 Å². The Kier molecular flexibility index (Phi) is 2.51. The van der Waals surface area contributed by atoms with Gasteiger partial charge in [-0.25, -0.2) is 0 Å². The third kappa shape index (κ3) is 1.67. The summed E-state index contributed by atoms with van der Waals surface area (Å²) >= 11 is 2.83. The van der Waals surface area contributed by atoms with Crippen LogP contribution < -0.4 is 9.61 Å². The van der Waals surface area contributed by atoms with Gasteiger partial charge in [0.2, 0.25) is 6.29 Å². The second kappa shape index (κ2) is 4.13. The van der Waals surface area contributed by atoms with Gasteiger partial charge in [-0.15, -0.1) is 11.8 Å². The molecule has 2 aliphatic heterocycles. The first kappa shape index (κ1) is 11.6. The Labute approximate surface area is 117 Å². The number of aliphatic hydroxyl groups excluding tert-OH is 1. The third-order valence-electron chi connectivity index (χ3n) is 3.64. The number of thioether (sulfide) groups is 1. The first-order chi connectivity index (χ1) is 9.24. The van der Waals surface area contributed by atoms with Crippen LogP contribution in [-0.2, 0) is 0 Å². The summed E-state index contributed by atoms with van der Waals surface area (Å²) in [7, 11) is 0. The lowest BCUT2D eigenvalue weighted by Gasteiger charge is -2.38. The van der Waals surface area contributed by atoms with E-state index in [0.717, 1.165) is 27.0 Å². The van der Waals surface area contributed by atoms with Gasteiger partial charge >= 0.3 is 4.87 Å². The van der Waals surface area contributed by atoms with E-state index >= 15 is 0 Å². The van der Waals surface area contributed by atoms with Crippen LogP contribution in [0.2, 0.25) is 0 Å². The van der Waals surface area contributed by atoms with Gasteiger partial charge in [0.05, 0.1) is 5.03 Å². The molecule has 0 bridgehead atoms. The van der Waals surface area contributed by atoms with Crippen LogP contribution in [0.3, 0.4) is 0 Å². The zero-order valence-corrected chi connectivity index (χ0v) is 11.5. The number of thiazole rings is 1. The number of aromatic nitrogens is 1. The fourth-order valence-electron chi connectivity index (χ4n) is 2.79. The fourth-order valence-corrected chi connectivity index (χ4v) is 5.23. The smallest absolute Gasteiger partial charge is 0.305 e. The lowest BCUT2D eigenvalue weighted by atomic mass is 9.83. The van der Waals surface area contributed by atoms with Crippen molar-refractivity contribution >= 4 is 23.1 Å². The highest BCUT2D eigenvalue weighted by molar-refractivity contribution is 7.99. The first-order valence-electron chi connectivity index (χ1n) is 6.03. The van der Waals surface area contributed by atoms with Crippen LogP contribution >= 0.6 is 23.1 Å². The molecule has 0 saturated heterocycles. The number of hydrogen-bond acceptors (Lipinski definition) is 5. The molecule has 0 aliphatic carbocycles. The number of aliphatic hydroxyl groups is 1. The summed E-state index contributed by atoms with van der Waals surface area (Å²) in [5, 5.41) is 11.1. The molecule has 1 aromatic carbocycles. The van der Waals surface area contributed by atoms with Crippen LogP contribution in [0.5, 0.6) is 5.75 Å². The number of aromatic amines is 1. The minimum absolute atomic E-state index is 0.00106. The van der Waals surface area contributed by atoms with Gasteiger partial charge < -0.3 is 14.8 Å². The van der Waals surface area contributed by atoms with E-state index in [1.54, 1.807) is 11.8 Å². The van der Waals surface area contributed by atoms with E-state index in [1.165, 1.54) is 11.3 Å². The number of benzene rings is 1. The predicted molar refractivity (Wildman–Crippen MR) is 74.1 cm³/mol. The minimum Gasteiger partial charge on any atom is -0.464 e. The SMILES string of the molecule is O=c1[nH]c2c(s1)[C@H]1c3ccccc3O[C@@H](O)[C@@H]1CS2. The van der Waals surface area contributed by atoms with Crippen molar-refractivity contribution in [3.63, 3.8) is 0 Å². The van der Waals surface area contributed by atoms with Gasteiger partial charge in [-0.2, -0.15) is 0 Å². The number of fused-ring (bicyclic) bond motifs is 5. The molecule has 0 radical (unpaired) electrons. The van der Waals surface area contributed by atoms with Crippen molar-refractivity contribution in [2.45, 2.75) is 17.2 Å². The van der Waals surface area contributed by atoms with Crippen molar-refractivity contribution in [3.8, 4) is 5.75 Å². The molecule has 0 amide bonds. The van der Waals surface area contributed by atoms with Gasteiger partial charge in [0.1, 0.15) is 5.75 Å². The molecule has 98 valence electrons. The van der Waals surface area contributed by atoms with E-state index in [9.17, 15) is 9.90 Å². The lowest BCUT2D eigenvalue weighted by Crippen LogP contribution is -2.39. The summed E-state index contributed by atoms with van der Waals surface area (Å²) < 4.78 is 5.58. The molecule has 3 heterocycles. The number of para-hydroxylation sites is 1. The second-order valence-electron chi connectivity index (χ2n) is 4.71. The monoisotopic (exact) mass is 293 g/mol. The Balaban J connectivity index is 1.95. The number of ether oxygens (including phenoxy) is 1. The Morgan fingerprint density at radius 1 is 1.37 bits per heavy atom. The average Bonchev–Trinajstić information content (AvgIpc) is 2.79. The minimum atomic E-state index is -0.808. The standard InChI is InChI=1S/C13H11NO3S2/c15-12-7-5-18-11-10(19-13(16)14-11)9(7)6-3-1-2-4-8(6)17-12/h1-4,7,9,12,15H,5H2,(H,14,16)/t7-,9+,12-/m1/s1. The average molecular weight is 293 g/mol. The zero-order valence-electron chi connectivity index (χ0n) is 9.83. The molecule has 0 spiro atoms. The largest absolute Gasteiger partial charge is 0.464 e. The topological polar surface area (TPSA) is 62.3 Å². The molecule has 19 heavy (non-hydrogen) atoms. The van der Waals surface area contributed by atoms with E-state index in [4.69, 9.17) is 4.74 Å². The van der Waals surface area contributed by atoms with Gasteiger partial charge in [-0.3, -0.25) is 4.79 Å². The Bertz CT molecular complexity index is 693. The van der Waals surface area contributed by atoms with Crippen LogP contribution in [0.4, 0.5) is 0 Å². The van der Waals surface area contributed by atoms with Crippen LogP contribution in [0.15, 0.2) is 34.1 Å². The van der Waals surface area contributed by atoms with Crippen molar-refractivity contribution in [2.24, 2.45) is 5.92 Å². The highest BCUT2D eigenvalue weighted by Crippen LogP contribution is 2.51. The van der Waals surface area contributed by atoms with E-state index < -0.39 is 6.29 Å². The third-order valence-corrected chi connectivity index (χ3v) is 5.90. The van der Waals surface area contributed by atoms with E-state index in [2.05, 4.69) is 4.98 Å². The quantitative estimate of drug-likeness (QED) is 0.780. The van der Waals surface area contributed by atoms with Gasteiger partial charge in [-0.1, -0.05) is 29.5 Å². The molecule has 0 saturated carbocycles. The number of hydrogen-bond donors (Lipinski definition) is 2. The van der Waals surface area contributed by atoms with Crippen molar-refractivity contribution in [1.29, 1.82) is 0 Å². The lowest BCUT2D eigenvalue weighted by molar-refractivity contribution is -0.0717.